The molecule has 3 unspecified atom stereocenters. The van der Waals surface area contributed by atoms with Crippen LogP contribution in [-0.2, 0) is 16.1 Å². The Hall–Kier alpha value is -2.74. The highest BCUT2D eigenvalue weighted by molar-refractivity contribution is 6.30. The zero-order valence-corrected chi connectivity index (χ0v) is 17.8. The molecule has 1 amide bonds. The van der Waals surface area contributed by atoms with Crippen LogP contribution in [0.3, 0.4) is 0 Å². The summed E-state index contributed by atoms with van der Waals surface area (Å²) in [5.41, 5.74) is 1.70. The third-order valence-corrected chi connectivity index (χ3v) is 5.97. The molecule has 4 rings (SSSR count). The zero-order chi connectivity index (χ0) is 22.7. The van der Waals surface area contributed by atoms with Crippen LogP contribution in [0.4, 0.5) is 13.2 Å². The van der Waals surface area contributed by atoms with Crippen LogP contribution in [0, 0.1) is 11.8 Å². The molecule has 1 heterocycles. The van der Waals surface area contributed by atoms with Crippen molar-refractivity contribution in [1.82, 2.24) is 5.32 Å². The lowest BCUT2D eigenvalue weighted by molar-refractivity contribution is -0.274. The summed E-state index contributed by atoms with van der Waals surface area (Å²) in [5, 5.41) is 3.54. The van der Waals surface area contributed by atoms with E-state index >= 15 is 0 Å². The number of carbonyl (C=O) groups is 1. The minimum absolute atomic E-state index is 0.0742. The molecular weight excluding hydrogens is 445 g/mol. The summed E-state index contributed by atoms with van der Waals surface area (Å²) < 4.78 is 46.5. The van der Waals surface area contributed by atoms with Crippen LogP contribution in [-0.4, -0.2) is 24.8 Å². The Morgan fingerprint density at radius 3 is 2.53 bits per heavy atom. The van der Waals surface area contributed by atoms with Crippen molar-refractivity contribution in [3.8, 4) is 5.75 Å². The van der Waals surface area contributed by atoms with Gasteiger partial charge >= 0.3 is 6.36 Å². The van der Waals surface area contributed by atoms with Gasteiger partial charge in [0.1, 0.15) is 18.4 Å². The Bertz CT molecular complexity index is 977. The number of benzene rings is 2. The summed E-state index contributed by atoms with van der Waals surface area (Å²) in [6, 6.07) is 12.8. The highest BCUT2D eigenvalue weighted by Gasteiger charge is 2.39. The highest BCUT2D eigenvalue weighted by atomic mass is 35.5. The molecule has 1 fully saturated rings. The van der Waals surface area contributed by atoms with Crippen molar-refractivity contribution in [3.05, 3.63) is 64.7 Å². The van der Waals surface area contributed by atoms with E-state index in [2.05, 4.69) is 10.1 Å². The fraction of sp³-hybridized carbons (Fsp3) is 0.391. The van der Waals surface area contributed by atoms with Gasteiger partial charge in [-0.1, -0.05) is 42.3 Å². The molecule has 170 valence electrons. The third-order valence-electron chi connectivity index (χ3n) is 5.72. The maximum absolute atomic E-state index is 12.8. The van der Waals surface area contributed by atoms with E-state index in [0.29, 0.717) is 23.1 Å². The molecular formula is C23H22ClF3N2O3. The van der Waals surface area contributed by atoms with Crippen molar-refractivity contribution < 1.29 is 27.4 Å². The third kappa shape index (κ3) is 5.54. The molecule has 0 saturated heterocycles. The van der Waals surface area contributed by atoms with Crippen LogP contribution in [0.25, 0.3) is 0 Å². The minimum atomic E-state index is -4.73. The van der Waals surface area contributed by atoms with Gasteiger partial charge in [-0.05, 0) is 48.2 Å². The first-order valence-electron chi connectivity index (χ1n) is 10.4. The van der Waals surface area contributed by atoms with Gasteiger partial charge in [0.25, 0.3) is 0 Å². The molecule has 1 aliphatic carbocycles. The lowest BCUT2D eigenvalue weighted by Crippen LogP contribution is -2.35. The van der Waals surface area contributed by atoms with Crippen LogP contribution in [0.2, 0.25) is 5.02 Å². The summed E-state index contributed by atoms with van der Waals surface area (Å²) in [7, 11) is 0. The first-order valence-corrected chi connectivity index (χ1v) is 10.7. The Balaban J connectivity index is 1.34. The second-order valence-corrected chi connectivity index (χ2v) is 8.34. The predicted molar refractivity (Wildman–Crippen MR) is 113 cm³/mol. The van der Waals surface area contributed by atoms with Crippen molar-refractivity contribution in [2.75, 3.05) is 6.61 Å². The van der Waals surface area contributed by atoms with Gasteiger partial charge in [-0.3, -0.25) is 4.79 Å². The molecule has 1 aliphatic heterocycles. The van der Waals surface area contributed by atoms with Gasteiger partial charge < -0.3 is 14.8 Å². The first-order chi connectivity index (χ1) is 15.3. The minimum Gasteiger partial charge on any atom is -0.478 e. The van der Waals surface area contributed by atoms with Crippen molar-refractivity contribution in [2.24, 2.45) is 16.8 Å². The van der Waals surface area contributed by atoms with E-state index in [4.69, 9.17) is 21.3 Å². The quantitative estimate of drug-likeness (QED) is 0.616. The number of halogens is 4. The topological polar surface area (TPSA) is 59.9 Å². The number of hydrogen-bond donors (Lipinski definition) is 1. The summed E-state index contributed by atoms with van der Waals surface area (Å²) in [6.07, 6.45) is -2.26. The molecule has 2 aromatic carbocycles. The van der Waals surface area contributed by atoms with E-state index in [-0.39, 0.29) is 36.1 Å². The van der Waals surface area contributed by atoms with E-state index < -0.39 is 6.36 Å². The van der Waals surface area contributed by atoms with Crippen LogP contribution >= 0.6 is 11.6 Å². The predicted octanol–water partition coefficient (Wildman–Crippen LogP) is 5.44. The Morgan fingerprint density at radius 2 is 1.84 bits per heavy atom. The van der Waals surface area contributed by atoms with Gasteiger partial charge in [-0.15, -0.1) is 13.2 Å². The monoisotopic (exact) mass is 466 g/mol. The Kier molecular flexibility index (Phi) is 6.60. The van der Waals surface area contributed by atoms with E-state index in [1.165, 1.54) is 24.3 Å². The average molecular weight is 467 g/mol. The SMILES string of the molecule is O=C(NCc1ccc(OC(F)(F)F)cc1)C1CCCC1C1=NC(c2ccc(Cl)cc2)CO1. The summed E-state index contributed by atoms with van der Waals surface area (Å²) in [4.78, 5) is 17.5. The van der Waals surface area contributed by atoms with Crippen LogP contribution in [0.1, 0.15) is 36.4 Å². The Labute approximate surface area is 188 Å². The van der Waals surface area contributed by atoms with Gasteiger partial charge in [0.2, 0.25) is 5.91 Å². The number of amides is 1. The summed E-state index contributed by atoms with van der Waals surface area (Å²) in [5.74, 6) is -0.101. The second-order valence-electron chi connectivity index (χ2n) is 7.90. The largest absolute Gasteiger partial charge is 0.573 e. The number of rotatable bonds is 6. The van der Waals surface area contributed by atoms with Crippen molar-refractivity contribution >= 4 is 23.4 Å². The molecule has 3 atom stereocenters. The van der Waals surface area contributed by atoms with Gasteiger partial charge in [0.15, 0.2) is 5.90 Å². The van der Waals surface area contributed by atoms with E-state index in [1.54, 1.807) is 0 Å². The average Bonchev–Trinajstić information content (AvgIpc) is 3.42. The number of hydrogen-bond acceptors (Lipinski definition) is 4. The zero-order valence-electron chi connectivity index (χ0n) is 17.1. The number of carbonyl (C=O) groups excluding carboxylic acids is 1. The van der Waals surface area contributed by atoms with E-state index in [9.17, 15) is 18.0 Å². The van der Waals surface area contributed by atoms with Crippen molar-refractivity contribution in [2.45, 2.75) is 38.2 Å². The molecule has 9 heteroatoms. The van der Waals surface area contributed by atoms with E-state index in [0.717, 1.165) is 24.8 Å². The molecule has 0 aromatic heterocycles. The van der Waals surface area contributed by atoms with Gasteiger partial charge in [0, 0.05) is 23.4 Å². The second kappa shape index (κ2) is 9.40. The van der Waals surface area contributed by atoms with Gasteiger partial charge in [-0.25, -0.2) is 4.99 Å². The van der Waals surface area contributed by atoms with Crippen molar-refractivity contribution in [1.29, 1.82) is 0 Å². The van der Waals surface area contributed by atoms with Gasteiger partial charge in [0.05, 0.1) is 0 Å². The van der Waals surface area contributed by atoms with Gasteiger partial charge in [-0.2, -0.15) is 0 Å². The summed E-state index contributed by atoms with van der Waals surface area (Å²) in [6.45, 7) is 0.656. The molecule has 0 bridgehead atoms. The van der Waals surface area contributed by atoms with Crippen LogP contribution in [0.15, 0.2) is 53.5 Å². The molecule has 5 nitrogen and oxygen atoms in total. The molecule has 0 radical (unpaired) electrons. The molecule has 1 N–H and O–H groups in total. The smallest absolute Gasteiger partial charge is 0.478 e. The summed E-state index contributed by atoms with van der Waals surface area (Å²) >= 11 is 5.95. The molecule has 32 heavy (non-hydrogen) atoms. The fourth-order valence-corrected chi connectivity index (χ4v) is 4.28. The standard InChI is InChI=1S/C23H22ClF3N2O3/c24-16-8-6-15(7-9-16)20-13-31-22(29-20)19-3-1-2-18(19)21(30)28-12-14-4-10-17(11-5-14)32-23(25,26)27/h4-11,18-20H,1-3,12-13H2,(H,28,30). The normalized spacial score (nSPS) is 22.9. The number of aliphatic imine (C=N–C) groups is 1. The number of nitrogens with zero attached hydrogens (tertiary/aromatic N) is 1. The highest BCUT2D eigenvalue weighted by Crippen LogP contribution is 2.37. The first kappa shape index (κ1) is 22.5. The maximum Gasteiger partial charge on any atom is 0.573 e. The lowest BCUT2D eigenvalue weighted by Gasteiger charge is -2.18. The van der Waals surface area contributed by atoms with Crippen LogP contribution in [0.5, 0.6) is 5.75 Å². The fourth-order valence-electron chi connectivity index (χ4n) is 4.15. The van der Waals surface area contributed by atoms with Crippen LogP contribution < -0.4 is 10.1 Å². The Morgan fingerprint density at radius 1 is 1.12 bits per heavy atom. The number of nitrogens with one attached hydrogen (secondary N) is 1. The molecule has 2 aromatic rings. The number of ether oxygens (including phenoxy) is 2. The van der Waals surface area contributed by atoms with Crippen molar-refractivity contribution in [3.63, 3.8) is 0 Å². The molecule has 0 spiro atoms. The maximum atomic E-state index is 12.8. The van der Waals surface area contributed by atoms with E-state index in [1.807, 2.05) is 24.3 Å². The number of alkyl halides is 3. The lowest BCUT2D eigenvalue weighted by atomic mass is 9.94. The molecule has 2 aliphatic rings. The molecule has 1 saturated carbocycles.